The van der Waals surface area contributed by atoms with Crippen LogP contribution in [0.5, 0.6) is 5.75 Å². The number of hydrogen-bond acceptors (Lipinski definition) is 2. The van der Waals surface area contributed by atoms with E-state index in [9.17, 15) is 8.78 Å². The smallest absolute Gasteiger partial charge is 0.163 e. The number of nitrogens with two attached hydrogens (primary N) is 1. The van der Waals surface area contributed by atoms with Crippen LogP contribution in [0.1, 0.15) is 29.2 Å². The number of rotatable bonds is 5. The summed E-state index contributed by atoms with van der Waals surface area (Å²) in [6.07, 6.45) is 1.24. The van der Waals surface area contributed by atoms with E-state index in [-0.39, 0.29) is 5.56 Å². The average Bonchev–Trinajstić information content (AvgIpc) is 2.51. The molecule has 4 heteroatoms. The Morgan fingerprint density at radius 3 is 2.33 bits per heavy atom. The van der Waals surface area contributed by atoms with Crippen molar-refractivity contribution in [3.8, 4) is 5.75 Å². The molecule has 0 fully saturated rings. The summed E-state index contributed by atoms with van der Waals surface area (Å²) >= 11 is 0. The van der Waals surface area contributed by atoms with Crippen LogP contribution in [0, 0.1) is 18.6 Å². The van der Waals surface area contributed by atoms with Crippen molar-refractivity contribution in [2.45, 2.75) is 25.8 Å². The molecular weight excluding hydrogens is 272 g/mol. The second-order valence-electron chi connectivity index (χ2n) is 5.09. The van der Waals surface area contributed by atoms with Gasteiger partial charge >= 0.3 is 0 Å². The summed E-state index contributed by atoms with van der Waals surface area (Å²) in [6.45, 7) is 1.53. The van der Waals surface area contributed by atoms with Crippen molar-refractivity contribution in [3.63, 3.8) is 0 Å². The van der Waals surface area contributed by atoms with E-state index in [0.717, 1.165) is 11.3 Å². The molecule has 2 rings (SSSR count). The van der Waals surface area contributed by atoms with Gasteiger partial charge in [-0.25, -0.2) is 8.78 Å². The standard InChI is InChI=1S/C17H19F2NO/c1-11-3-9-14(17(19)16(11)18)15(20)10-6-12-4-7-13(21-2)8-5-12/h3-5,7-9,15H,6,10,20H2,1-2H3. The molecule has 2 nitrogen and oxygen atoms in total. The van der Waals surface area contributed by atoms with Crippen molar-refractivity contribution in [2.75, 3.05) is 7.11 Å². The molecule has 0 spiro atoms. The van der Waals surface area contributed by atoms with E-state index in [0.29, 0.717) is 18.4 Å². The maximum absolute atomic E-state index is 13.9. The summed E-state index contributed by atoms with van der Waals surface area (Å²) in [4.78, 5) is 0. The molecule has 0 aliphatic carbocycles. The third kappa shape index (κ3) is 3.58. The third-order valence-electron chi connectivity index (χ3n) is 3.61. The zero-order valence-corrected chi connectivity index (χ0v) is 12.2. The minimum absolute atomic E-state index is 0.228. The molecule has 0 aromatic heterocycles. The van der Waals surface area contributed by atoms with Crippen LogP contribution in [0.25, 0.3) is 0 Å². The summed E-state index contributed by atoms with van der Waals surface area (Å²) in [7, 11) is 1.61. The molecule has 112 valence electrons. The molecule has 2 aromatic carbocycles. The second-order valence-corrected chi connectivity index (χ2v) is 5.09. The number of benzene rings is 2. The number of halogens is 2. The molecule has 0 radical (unpaired) electrons. The Labute approximate surface area is 123 Å². The van der Waals surface area contributed by atoms with E-state index in [1.807, 2.05) is 24.3 Å². The van der Waals surface area contributed by atoms with Gasteiger partial charge in [-0.2, -0.15) is 0 Å². The van der Waals surface area contributed by atoms with Crippen LogP contribution >= 0.6 is 0 Å². The fourth-order valence-electron chi connectivity index (χ4n) is 2.22. The molecule has 2 N–H and O–H groups in total. The molecule has 2 aromatic rings. The molecule has 0 saturated carbocycles. The molecule has 1 atom stereocenters. The van der Waals surface area contributed by atoms with E-state index in [1.54, 1.807) is 19.2 Å². The van der Waals surface area contributed by atoms with Crippen molar-refractivity contribution in [1.82, 2.24) is 0 Å². The van der Waals surface area contributed by atoms with Crippen LogP contribution in [0.3, 0.4) is 0 Å². The van der Waals surface area contributed by atoms with Gasteiger partial charge in [0, 0.05) is 11.6 Å². The molecule has 0 aliphatic heterocycles. The maximum atomic E-state index is 13.9. The number of hydrogen-bond donors (Lipinski definition) is 1. The highest BCUT2D eigenvalue weighted by atomic mass is 19.2. The third-order valence-corrected chi connectivity index (χ3v) is 3.61. The number of methoxy groups -OCH3 is 1. The monoisotopic (exact) mass is 291 g/mol. The van der Waals surface area contributed by atoms with Crippen LogP contribution in [0.15, 0.2) is 36.4 Å². The van der Waals surface area contributed by atoms with Crippen molar-refractivity contribution in [1.29, 1.82) is 0 Å². The summed E-state index contributed by atoms with van der Waals surface area (Å²) in [5, 5.41) is 0. The first kappa shape index (κ1) is 15.4. The number of ether oxygens (including phenoxy) is 1. The Morgan fingerprint density at radius 1 is 1.05 bits per heavy atom. The largest absolute Gasteiger partial charge is 0.497 e. The molecule has 0 heterocycles. The first-order chi connectivity index (χ1) is 10.0. The fraction of sp³-hybridized carbons (Fsp3) is 0.294. The van der Waals surface area contributed by atoms with Crippen LogP contribution in [-0.4, -0.2) is 7.11 Å². The Bertz CT molecular complexity index is 611. The zero-order chi connectivity index (χ0) is 15.4. The fourth-order valence-corrected chi connectivity index (χ4v) is 2.22. The highest BCUT2D eigenvalue weighted by Crippen LogP contribution is 2.24. The van der Waals surface area contributed by atoms with Gasteiger partial charge in [0.25, 0.3) is 0 Å². The summed E-state index contributed by atoms with van der Waals surface area (Å²) in [5.74, 6) is -0.862. The quantitative estimate of drug-likeness (QED) is 0.906. The SMILES string of the molecule is COc1ccc(CCC(N)c2ccc(C)c(F)c2F)cc1. The zero-order valence-electron chi connectivity index (χ0n) is 12.2. The van der Waals surface area contributed by atoms with Gasteiger partial charge in [0.1, 0.15) is 5.75 Å². The Morgan fingerprint density at radius 2 is 1.71 bits per heavy atom. The van der Waals surface area contributed by atoms with Gasteiger partial charge in [-0.3, -0.25) is 0 Å². The highest BCUT2D eigenvalue weighted by molar-refractivity contribution is 5.29. The van der Waals surface area contributed by atoms with E-state index in [4.69, 9.17) is 10.5 Å². The average molecular weight is 291 g/mol. The van der Waals surface area contributed by atoms with Crippen molar-refractivity contribution in [3.05, 3.63) is 64.7 Å². The molecule has 0 saturated heterocycles. The summed E-state index contributed by atoms with van der Waals surface area (Å²) < 4.78 is 32.5. The predicted octanol–water partition coefficient (Wildman–Crippen LogP) is 3.91. The van der Waals surface area contributed by atoms with Gasteiger partial charge in [-0.05, 0) is 43.0 Å². The Hall–Kier alpha value is -1.94. The van der Waals surface area contributed by atoms with Crippen molar-refractivity contribution < 1.29 is 13.5 Å². The van der Waals surface area contributed by atoms with Gasteiger partial charge in [0.2, 0.25) is 0 Å². The Kier molecular flexibility index (Phi) is 4.91. The van der Waals surface area contributed by atoms with Crippen LogP contribution < -0.4 is 10.5 Å². The first-order valence-electron chi connectivity index (χ1n) is 6.86. The van der Waals surface area contributed by atoms with Crippen LogP contribution in [0.4, 0.5) is 8.78 Å². The van der Waals surface area contributed by atoms with E-state index in [2.05, 4.69) is 0 Å². The maximum Gasteiger partial charge on any atom is 0.163 e. The van der Waals surface area contributed by atoms with Gasteiger partial charge < -0.3 is 10.5 Å². The van der Waals surface area contributed by atoms with E-state index in [1.165, 1.54) is 6.92 Å². The minimum Gasteiger partial charge on any atom is -0.497 e. The lowest BCUT2D eigenvalue weighted by Gasteiger charge is -2.14. The molecule has 0 bridgehead atoms. The van der Waals surface area contributed by atoms with Crippen LogP contribution in [-0.2, 0) is 6.42 Å². The van der Waals surface area contributed by atoms with Crippen LogP contribution in [0.2, 0.25) is 0 Å². The van der Waals surface area contributed by atoms with Gasteiger partial charge in [-0.15, -0.1) is 0 Å². The second kappa shape index (κ2) is 6.68. The lowest BCUT2D eigenvalue weighted by Crippen LogP contribution is -2.14. The van der Waals surface area contributed by atoms with Gasteiger partial charge in [0.05, 0.1) is 7.11 Å². The first-order valence-corrected chi connectivity index (χ1v) is 6.86. The lowest BCUT2D eigenvalue weighted by molar-refractivity contribution is 0.414. The van der Waals surface area contributed by atoms with E-state index < -0.39 is 17.7 Å². The highest BCUT2D eigenvalue weighted by Gasteiger charge is 2.16. The molecule has 21 heavy (non-hydrogen) atoms. The normalized spacial score (nSPS) is 12.2. The lowest BCUT2D eigenvalue weighted by atomic mass is 9.98. The molecule has 0 aliphatic rings. The predicted molar refractivity (Wildman–Crippen MR) is 79.3 cm³/mol. The van der Waals surface area contributed by atoms with Crippen molar-refractivity contribution in [2.24, 2.45) is 5.73 Å². The number of aryl methyl sites for hydroxylation is 2. The topological polar surface area (TPSA) is 35.2 Å². The van der Waals surface area contributed by atoms with E-state index >= 15 is 0 Å². The minimum atomic E-state index is -0.836. The molecular formula is C17H19F2NO. The molecule has 1 unspecified atom stereocenters. The van der Waals surface area contributed by atoms with Gasteiger partial charge in [-0.1, -0.05) is 24.3 Å². The molecule has 0 amide bonds. The summed E-state index contributed by atoms with van der Waals surface area (Å²) in [6, 6.07) is 10.2. The van der Waals surface area contributed by atoms with Gasteiger partial charge in [0.15, 0.2) is 11.6 Å². The van der Waals surface area contributed by atoms with Crippen molar-refractivity contribution >= 4 is 0 Å². The Balaban J connectivity index is 2.04. The summed E-state index contributed by atoms with van der Waals surface area (Å²) in [5.41, 5.74) is 7.59.